The Kier molecular flexibility index (Phi) is 5.61. The normalized spacial score (nSPS) is 14.9. The van der Waals surface area contributed by atoms with Gasteiger partial charge in [0.1, 0.15) is 5.82 Å². The zero-order chi connectivity index (χ0) is 18.5. The van der Waals surface area contributed by atoms with Crippen LogP contribution in [0.4, 0.5) is 5.82 Å². The highest BCUT2D eigenvalue weighted by Crippen LogP contribution is 2.25. The van der Waals surface area contributed by atoms with Gasteiger partial charge >= 0.3 is 0 Å². The molecule has 1 saturated heterocycles. The second-order valence-electron chi connectivity index (χ2n) is 6.78. The first-order chi connectivity index (χ1) is 13.3. The Bertz CT molecular complexity index is 877. The molecule has 3 heterocycles. The summed E-state index contributed by atoms with van der Waals surface area (Å²) in [6, 6.07) is 13.6. The third-order valence-corrected chi connectivity index (χ3v) is 5.07. The third kappa shape index (κ3) is 4.62. The van der Waals surface area contributed by atoms with Crippen molar-refractivity contribution in [3.05, 3.63) is 59.9 Å². The Morgan fingerprint density at radius 1 is 1.04 bits per heavy atom. The van der Waals surface area contributed by atoms with Crippen LogP contribution in [-0.2, 0) is 0 Å². The highest BCUT2D eigenvalue weighted by molar-refractivity contribution is 6.30. The highest BCUT2D eigenvalue weighted by atomic mass is 35.5. The number of benzene rings is 1. The molecule has 1 aliphatic heterocycles. The molecule has 0 amide bonds. The summed E-state index contributed by atoms with van der Waals surface area (Å²) in [6.07, 6.45) is 5.93. The van der Waals surface area contributed by atoms with Gasteiger partial charge < -0.3 is 10.6 Å². The average Bonchev–Trinajstić information content (AvgIpc) is 2.74. The zero-order valence-corrected chi connectivity index (χ0v) is 15.8. The molecular formula is C21H22ClN5. The number of nitrogens with zero attached hydrogens (tertiary/aromatic N) is 3. The Labute approximate surface area is 164 Å². The minimum atomic E-state index is 0.669. The van der Waals surface area contributed by atoms with Crippen LogP contribution in [-0.4, -0.2) is 34.6 Å². The van der Waals surface area contributed by atoms with Gasteiger partial charge in [0.2, 0.25) is 0 Å². The molecule has 0 bridgehead atoms. The van der Waals surface area contributed by atoms with Crippen molar-refractivity contribution >= 4 is 17.4 Å². The molecule has 1 aliphatic rings. The van der Waals surface area contributed by atoms with E-state index >= 15 is 0 Å². The second kappa shape index (κ2) is 8.46. The molecule has 5 nitrogen and oxygen atoms in total. The summed E-state index contributed by atoms with van der Waals surface area (Å²) in [7, 11) is 0. The van der Waals surface area contributed by atoms with Crippen molar-refractivity contribution < 1.29 is 0 Å². The number of anilines is 1. The van der Waals surface area contributed by atoms with E-state index in [1.165, 1.54) is 12.8 Å². The third-order valence-electron chi connectivity index (χ3n) is 4.82. The smallest absolute Gasteiger partial charge is 0.163 e. The lowest BCUT2D eigenvalue weighted by atomic mass is 9.98. The summed E-state index contributed by atoms with van der Waals surface area (Å²) >= 11 is 6.03. The van der Waals surface area contributed by atoms with Crippen molar-refractivity contribution in [2.45, 2.75) is 12.8 Å². The van der Waals surface area contributed by atoms with E-state index in [2.05, 4.69) is 15.6 Å². The zero-order valence-electron chi connectivity index (χ0n) is 15.0. The van der Waals surface area contributed by atoms with Crippen LogP contribution in [0.1, 0.15) is 12.8 Å². The van der Waals surface area contributed by atoms with Crippen LogP contribution in [0.2, 0.25) is 5.02 Å². The van der Waals surface area contributed by atoms with Gasteiger partial charge in [-0.05, 0) is 56.1 Å². The van der Waals surface area contributed by atoms with E-state index in [9.17, 15) is 0 Å². The summed E-state index contributed by atoms with van der Waals surface area (Å²) in [6.45, 7) is 3.10. The second-order valence-corrected chi connectivity index (χ2v) is 7.22. The summed E-state index contributed by atoms with van der Waals surface area (Å²) < 4.78 is 0. The molecule has 138 valence electrons. The van der Waals surface area contributed by atoms with Gasteiger partial charge in [0.25, 0.3) is 0 Å². The molecule has 0 aliphatic carbocycles. The summed E-state index contributed by atoms with van der Waals surface area (Å²) in [5.41, 5.74) is 2.78. The van der Waals surface area contributed by atoms with Crippen LogP contribution in [0.3, 0.4) is 0 Å². The molecule has 1 aromatic carbocycles. The van der Waals surface area contributed by atoms with Crippen molar-refractivity contribution in [1.82, 2.24) is 20.3 Å². The Hall–Kier alpha value is -2.50. The van der Waals surface area contributed by atoms with Crippen molar-refractivity contribution in [2.75, 3.05) is 25.0 Å². The van der Waals surface area contributed by atoms with Gasteiger partial charge in [-0.1, -0.05) is 23.7 Å². The molecule has 27 heavy (non-hydrogen) atoms. The minimum Gasteiger partial charge on any atom is -0.370 e. The van der Waals surface area contributed by atoms with E-state index < -0.39 is 0 Å². The lowest BCUT2D eigenvalue weighted by molar-refractivity contribution is 0.389. The average molecular weight is 380 g/mol. The van der Waals surface area contributed by atoms with Crippen molar-refractivity contribution in [3.63, 3.8) is 0 Å². The minimum absolute atomic E-state index is 0.669. The fourth-order valence-electron chi connectivity index (χ4n) is 3.27. The van der Waals surface area contributed by atoms with Crippen molar-refractivity contribution in [3.8, 4) is 22.6 Å². The summed E-state index contributed by atoms with van der Waals surface area (Å²) in [5, 5.41) is 7.64. The van der Waals surface area contributed by atoms with E-state index in [4.69, 9.17) is 21.6 Å². The molecule has 0 radical (unpaired) electrons. The molecule has 0 atom stereocenters. The van der Waals surface area contributed by atoms with E-state index in [1.54, 1.807) is 12.4 Å². The van der Waals surface area contributed by atoms with E-state index in [-0.39, 0.29) is 0 Å². The molecule has 2 aromatic heterocycles. The van der Waals surface area contributed by atoms with Crippen molar-refractivity contribution in [1.29, 1.82) is 0 Å². The van der Waals surface area contributed by atoms with E-state index in [1.807, 2.05) is 42.5 Å². The van der Waals surface area contributed by atoms with Crippen LogP contribution in [0.25, 0.3) is 22.6 Å². The van der Waals surface area contributed by atoms with Crippen LogP contribution in [0.5, 0.6) is 0 Å². The maximum Gasteiger partial charge on any atom is 0.163 e. The number of pyridine rings is 1. The van der Waals surface area contributed by atoms with Crippen LogP contribution < -0.4 is 10.6 Å². The lowest BCUT2D eigenvalue weighted by Crippen LogP contribution is -2.31. The quantitative estimate of drug-likeness (QED) is 0.693. The highest BCUT2D eigenvalue weighted by Gasteiger charge is 2.14. The molecule has 0 spiro atoms. The van der Waals surface area contributed by atoms with Crippen molar-refractivity contribution in [2.24, 2.45) is 5.92 Å². The first kappa shape index (κ1) is 17.9. The molecular weight excluding hydrogens is 358 g/mol. The molecule has 4 rings (SSSR count). The van der Waals surface area contributed by atoms with Gasteiger partial charge in [-0.15, -0.1) is 0 Å². The van der Waals surface area contributed by atoms with Gasteiger partial charge in [-0.2, -0.15) is 0 Å². The number of hydrogen-bond acceptors (Lipinski definition) is 5. The first-order valence-corrected chi connectivity index (χ1v) is 9.66. The number of rotatable bonds is 5. The van der Waals surface area contributed by atoms with Crippen LogP contribution in [0.15, 0.2) is 54.9 Å². The van der Waals surface area contributed by atoms with Gasteiger partial charge in [-0.25, -0.2) is 9.97 Å². The molecule has 2 N–H and O–H groups in total. The number of aromatic nitrogens is 3. The molecule has 0 saturated carbocycles. The summed E-state index contributed by atoms with van der Waals surface area (Å²) in [5.74, 6) is 2.18. The molecule has 6 heteroatoms. The fraction of sp³-hybridized carbons (Fsp3) is 0.286. The van der Waals surface area contributed by atoms with Crippen LogP contribution in [0, 0.1) is 5.92 Å². The molecule has 1 fully saturated rings. The Morgan fingerprint density at radius 3 is 2.59 bits per heavy atom. The van der Waals surface area contributed by atoms with E-state index in [0.29, 0.717) is 16.8 Å². The predicted octanol–water partition coefficient (Wildman–Crippen LogP) is 4.27. The Balaban J connectivity index is 1.64. The van der Waals surface area contributed by atoms with E-state index in [0.717, 1.165) is 42.3 Å². The largest absolute Gasteiger partial charge is 0.370 e. The Morgan fingerprint density at radius 2 is 1.85 bits per heavy atom. The van der Waals surface area contributed by atoms with Crippen LogP contribution >= 0.6 is 11.6 Å². The fourth-order valence-corrected chi connectivity index (χ4v) is 3.39. The number of hydrogen-bond donors (Lipinski definition) is 2. The first-order valence-electron chi connectivity index (χ1n) is 9.28. The standard InChI is InChI=1S/C21H22ClN5/c22-18-5-3-16(4-6-18)19-12-20(25-13-15-7-10-23-11-8-15)27-21(26-19)17-2-1-9-24-14-17/h1-6,9,12,14-15,23H,7-8,10-11,13H2,(H,25,26,27). The van der Waals surface area contributed by atoms with Gasteiger partial charge in [-0.3, -0.25) is 4.98 Å². The number of piperidine rings is 1. The monoisotopic (exact) mass is 379 g/mol. The number of nitrogens with one attached hydrogen (secondary N) is 2. The van der Waals surface area contributed by atoms with Gasteiger partial charge in [0, 0.05) is 41.2 Å². The molecule has 3 aromatic rings. The topological polar surface area (TPSA) is 62.7 Å². The van der Waals surface area contributed by atoms with Gasteiger partial charge in [0.15, 0.2) is 5.82 Å². The molecule has 0 unspecified atom stereocenters. The SMILES string of the molecule is Clc1ccc(-c2cc(NCC3CCNCC3)nc(-c3cccnc3)n2)cc1. The maximum atomic E-state index is 6.03. The lowest BCUT2D eigenvalue weighted by Gasteiger charge is -2.23. The maximum absolute atomic E-state index is 6.03. The predicted molar refractivity (Wildman–Crippen MR) is 110 cm³/mol. The summed E-state index contributed by atoms with van der Waals surface area (Å²) in [4.78, 5) is 13.7. The number of halogens is 1. The van der Waals surface area contributed by atoms with Gasteiger partial charge in [0.05, 0.1) is 5.69 Å².